The van der Waals surface area contributed by atoms with E-state index in [0.717, 1.165) is 30.8 Å². The van der Waals surface area contributed by atoms with Crippen molar-refractivity contribution in [1.82, 2.24) is 19.9 Å². The van der Waals surface area contributed by atoms with Crippen molar-refractivity contribution in [3.05, 3.63) is 41.7 Å². The molecular formula is C27H44N4O4Si. The molecule has 1 amide bonds. The highest BCUT2D eigenvalue weighted by atomic mass is 28.4. The van der Waals surface area contributed by atoms with Gasteiger partial charge in [0.2, 0.25) is 0 Å². The van der Waals surface area contributed by atoms with Gasteiger partial charge in [-0.25, -0.2) is 4.79 Å². The fourth-order valence-corrected chi connectivity index (χ4v) is 5.40. The second kappa shape index (κ2) is 10.9. The van der Waals surface area contributed by atoms with E-state index >= 15 is 0 Å². The van der Waals surface area contributed by atoms with Crippen LogP contribution in [-0.2, 0) is 22.1 Å². The van der Waals surface area contributed by atoms with E-state index in [4.69, 9.17) is 13.9 Å². The Morgan fingerprint density at radius 2 is 1.78 bits per heavy atom. The van der Waals surface area contributed by atoms with Crippen LogP contribution in [0.1, 0.15) is 65.1 Å². The molecule has 2 atom stereocenters. The molecule has 1 aromatic heterocycles. The van der Waals surface area contributed by atoms with Crippen LogP contribution >= 0.6 is 0 Å². The van der Waals surface area contributed by atoms with Crippen molar-refractivity contribution in [2.24, 2.45) is 0 Å². The summed E-state index contributed by atoms with van der Waals surface area (Å²) in [7, 11) is -0.410. The molecule has 2 aromatic rings. The third kappa shape index (κ3) is 7.32. The van der Waals surface area contributed by atoms with Crippen LogP contribution in [0.3, 0.4) is 0 Å². The van der Waals surface area contributed by atoms with Gasteiger partial charge >= 0.3 is 6.09 Å². The van der Waals surface area contributed by atoms with Crippen molar-refractivity contribution in [3.63, 3.8) is 0 Å². The van der Waals surface area contributed by atoms with Crippen LogP contribution in [0.25, 0.3) is 0 Å². The Morgan fingerprint density at radius 1 is 1.11 bits per heavy atom. The van der Waals surface area contributed by atoms with Crippen molar-refractivity contribution in [1.29, 1.82) is 0 Å². The second-order valence-corrected chi connectivity index (χ2v) is 17.0. The second-order valence-electron chi connectivity index (χ2n) is 12.2. The highest BCUT2D eigenvalue weighted by molar-refractivity contribution is 6.74. The van der Waals surface area contributed by atoms with Crippen LogP contribution in [0.5, 0.6) is 5.75 Å². The summed E-state index contributed by atoms with van der Waals surface area (Å²) in [4.78, 5) is 14.6. The average molecular weight is 517 g/mol. The molecule has 36 heavy (non-hydrogen) atoms. The van der Waals surface area contributed by atoms with Gasteiger partial charge in [-0.2, -0.15) is 0 Å². The standard InChI is InChI=1S/C27H44N4O4Si/c1-26(2,3)34-25(32)30-16-15-22(24(19-30)35-36(8,9)27(4,5)6)23-18-31(29-28-23)17-14-20-10-12-21(33-7)13-11-20/h10-13,18,22,24H,14-17,19H2,1-9H3/t22-,24+/m1/s1. The number of aromatic nitrogens is 3. The molecule has 0 N–H and O–H groups in total. The summed E-state index contributed by atoms with van der Waals surface area (Å²) >= 11 is 0. The van der Waals surface area contributed by atoms with Crippen molar-refractivity contribution < 1.29 is 18.7 Å². The summed E-state index contributed by atoms with van der Waals surface area (Å²) in [5.41, 5.74) is 1.62. The highest BCUT2D eigenvalue weighted by Crippen LogP contribution is 2.40. The van der Waals surface area contributed by atoms with E-state index in [-0.39, 0.29) is 23.2 Å². The van der Waals surface area contributed by atoms with E-state index in [0.29, 0.717) is 13.1 Å². The summed E-state index contributed by atoms with van der Waals surface area (Å²) in [5, 5.41) is 9.02. The maximum Gasteiger partial charge on any atom is 0.410 e. The molecule has 200 valence electrons. The SMILES string of the molecule is COc1ccc(CCn2cc([C@H]3CCN(C(=O)OC(C)(C)C)C[C@@H]3O[Si](C)(C)C(C)(C)C)nn2)cc1. The smallest absolute Gasteiger partial charge is 0.410 e. The molecule has 0 radical (unpaired) electrons. The molecule has 1 aliphatic heterocycles. The van der Waals surface area contributed by atoms with Crippen LogP contribution in [-0.4, -0.2) is 66.2 Å². The number of carbonyl (C=O) groups is 1. The monoisotopic (exact) mass is 516 g/mol. The maximum absolute atomic E-state index is 12.8. The molecule has 1 aliphatic rings. The van der Waals surface area contributed by atoms with Crippen molar-refractivity contribution >= 4 is 14.4 Å². The van der Waals surface area contributed by atoms with E-state index in [1.807, 2.05) is 43.8 Å². The number of aryl methyl sites for hydroxylation is 2. The van der Waals surface area contributed by atoms with Gasteiger partial charge in [-0.05, 0) is 69.4 Å². The maximum atomic E-state index is 12.8. The lowest BCUT2D eigenvalue weighted by atomic mass is 9.91. The highest BCUT2D eigenvalue weighted by Gasteiger charge is 2.44. The minimum Gasteiger partial charge on any atom is -0.497 e. The molecular weight excluding hydrogens is 472 g/mol. The largest absolute Gasteiger partial charge is 0.497 e. The molecule has 0 saturated carbocycles. The van der Waals surface area contributed by atoms with E-state index in [9.17, 15) is 4.79 Å². The van der Waals surface area contributed by atoms with Gasteiger partial charge in [0.05, 0.1) is 18.9 Å². The molecule has 0 bridgehead atoms. The first kappa shape index (κ1) is 28.2. The number of methoxy groups -OCH3 is 1. The minimum atomic E-state index is -2.08. The number of piperidine rings is 1. The molecule has 1 aromatic carbocycles. The lowest BCUT2D eigenvalue weighted by Gasteiger charge is -2.45. The molecule has 3 rings (SSSR count). The lowest BCUT2D eigenvalue weighted by molar-refractivity contribution is 0.000682. The summed E-state index contributed by atoms with van der Waals surface area (Å²) in [6, 6.07) is 8.10. The normalized spacial score (nSPS) is 19.3. The van der Waals surface area contributed by atoms with Crippen LogP contribution in [0.15, 0.2) is 30.5 Å². The van der Waals surface area contributed by atoms with Crippen LogP contribution < -0.4 is 4.74 Å². The number of hydrogen-bond donors (Lipinski definition) is 0. The fourth-order valence-electron chi connectivity index (χ4n) is 4.05. The van der Waals surface area contributed by atoms with Gasteiger partial charge in [0, 0.05) is 31.7 Å². The number of benzene rings is 1. The number of likely N-dealkylation sites (tertiary alicyclic amines) is 1. The molecule has 8 nitrogen and oxygen atoms in total. The van der Waals surface area contributed by atoms with E-state index in [1.54, 1.807) is 12.0 Å². The Hall–Kier alpha value is -2.39. The quantitative estimate of drug-likeness (QED) is 0.443. The molecule has 1 saturated heterocycles. The number of ether oxygens (including phenoxy) is 2. The molecule has 0 aliphatic carbocycles. The Labute approximate surface area is 217 Å². The summed E-state index contributed by atoms with van der Waals surface area (Å²) < 4.78 is 19.7. The summed E-state index contributed by atoms with van der Waals surface area (Å²) in [6.07, 6.45) is 3.22. The van der Waals surface area contributed by atoms with Crippen LogP contribution in [0.4, 0.5) is 4.79 Å². The van der Waals surface area contributed by atoms with E-state index in [2.05, 4.69) is 56.3 Å². The zero-order valence-corrected chi connectivity index (χ0v) is 24.5. The molecule has 9 heteroatoms. The number of nitrogens with zero attached hydrogens (tertiary/aromatic N) is 4. The Balaban J connectivity index is 1.74. The van der Waals surface area contributed by atoms with Gasteiger partial charge in [0.1, 0.15) is 11.4 Å². The Kier molecular flexibility index (Phi) is 8.55. The lowest BCUT2D eigenvalue weighted by Crippen LogP contribution is -2.53. The molecule has 0 unspecified atom stereocenters. The van der Waals surface area contributed by atoms with Crippen molar-refractivity contribution in [2.45, 2.75) is 96.7 Å². The first-order valence-corrected chi connectivity index (χ1v) is 15.8. The van der Waals surface area contributed by atoms with Crippen molar-refractivity contribution in [2.75, 3.05) is 20.2 Å². The van der Waals surface area contributed by atoms with E-state index in [1.165, 1.54) is 5.56 Å². The van der Waals surface area contributed by atoms with Gasteiger partial charge in [0.15, 0.2) is 8.32 Å². The van der Waals surface area contributed by atoms with Gasteiger partial charge in [-0.1, -0.05) is 38.1 Å². The zero-order valence-electron chi connectivity index (χ0n) is 23.5. The summed E-state index contributed by atoms with van der Waals surface area (Å²) in [5.74, 6) is 0.930. The predicted octanol–water partition coefficient (Wildman–Crippen LogP) is 5.64. The molecule has 1 fully saturated rings. The first-order valence-electron chi connectivity index (χ1n) is 12.9. The van der Waals surface area contributed by atoms with Crippen LogP contribution in [0, 0.1) is 0 Å². The summed E-state index contributed by atoms with van der Waals surface area (Å²) in [6.45, 7) is 18.7. The van der Waals surface area contributed by atoms with E-state index < -0.39 is 13.9 Å². The average Bonchev–Trinajstić information content (AvgIpc) is 3.24. The fraction of sp³-hybridized carbons (Fsp3) is 0.667. The van der Waals surface area contributed by atoms with Gasteiger partial charge in [0.25, 0.3) is 0 Å². The van der Waals surface area contributed by atoms with Gasteiger partial charge in [-0.15, -0.1) is 5.10 Å². The zero-order chi connectivity index (χ0) is 26.7. The predicted molar refractivity (Wildman–Crippen MR) is 144 cm³/mol. The third-order valence-corrected chi connectivity index (χ3v) is 11.7. The molecule has 2 heterocycles. The minimum absolute atomic E-state index is 0.0573. The van der Waals surface area contributed by atoms with Crippen molar-refractivity contribution in [3.8, 4) is 5.75 Å². The first-order chi connectivity index (χ1) is 16.7. The topological polar surface area (TPSA) is 78.7 Å². The number of rotatable bonds is 7. The Morgan fingerprint density at radius 3 is 2.36 bits per heavy atom. The number of hydrogen-bond acceptors (Lipinski definition) is 6. The van der Waals surface area contributed by atoms with Gasteiger partial charge in [-0.3, -0.25) is 4.68 Å². The molecule has 0 spiro atoms. The van der Waals surface area contributed by atoms with Crippen LogP contribution in [0.2, 0.25) is 18.1 Å². The third-order valence-electron chi connectivity index (χ3n) is 7.19. The number of amides is 1. The van der Waals surface area contributed by atoms with Gasteiger partial charge < -0.3 is 18.8 Å². The Bertz CT molecular complexity index is 1010. The number of carbonyl (C=O) groups excluding carboxylic acids is 1.